The SMILES string of the molecule is COC(=O)CC1CC2(/C=C/C=C\C=C\1C)CCN(S(=O)(=O)c1ccc(Cl)cc1)CC2. The van der Waals surface area contributed by atoms with E-state index in [1.807, 2.05) is 31.2 Å². The average molecular weight is 450 g/mol. The Kier molecular flexibility index (Phi) is 7.22. The molecule has 3 rings (SSSR count). The van der Waals surface area contributed by atoms with Gasteiger partial charge in [0.25, 0.3) is 0 Å². The second kappa shape index (κ2) is 9.50. The Morgan fingerprint density at radius 3 is 2.47 bits per heavy atom. The van der Waals surface area contributed by atoms with E-state index in [2.05, 4.69) is 6.08 Å². The first-order valence-corrected chi connectivity index (χ1v) is 11.9. The summed E-state index contributed by atoms with van der Waals surface area (Å²) in [4.78, 5) is 12.2. The summed E-state index contributed by atoms with van der Waals surface area (Å²) < 4.78 is 32.5. The van der Waals surface area contributed by atoms with E-state index >= 15 is 0 Å². The minimum Gasteiger partial charge on any atom is -0.469 e. The summed E-state index contributed by atoms with van der Waals surface area (Å²) in [7, 11) is -2.14. The molecule has 1 aliphatic carbocycles. The zero-order valence-corrected chi connectivity index (χ0v) is 19.0. The zero-order valence-electron chi connectivity index (χ0n) is 17.4. The lowest BCUT2D eigenvalue weighted by atomic mass is 9.70. The fourth-order valence-electron chi connectivity index (χ4n) is 4.20. The van der Waals surface area contributed by atoms with Crippen LogP contribution < -0.4 is 0 Å². The van der Waals surface area contributed by atoms with Crippen molar-refractivity contribution in [1.82, 2.24) is 4.31 Å². The highest BCUT2D eigenvalue weighted by atomic mass is 35.5. The van der Waals surface area contributed by atoms with E-state index in [1.54, 1.807) is 28.6 Å². The van der Waals surface area contributed by atoms with Gasteiger partial charge in [-0.25, -0.2) is 8.42 Å². The minimum absolute atomic E-state index is 0.0595. The molecule has 1 unspecified atom stereocenters. The number of hydrogen-bond acceptors (Lipinski definition) is 4. The molecule has 7 heteroatoms. The highest BCUT2D eigenvalue weighted by Gasteiger charge is 2.39. The smallest absolute Gasteiger partial charge is 0.306 e. The molecule has 162 valence electrons. The number of ether oxygens (including phenoxy) is 1. The van der Waals surface area contributed by atoms with Crippen LogP contribution >= 0.6 is 11.6 Å². The van der Waals surface area contributed by atoms with Gasteiger partial charge in [-0.2, -0.15) is 4.31 Å². The van der Waals surface area contributed by atoms with Crippen LogP contribution in [0.1, 0.15) is 32.6 Å². The second-order valence-electron chi connectivity index (χ2n) is 8.06. The Morgan fingerprint density at radius 1 is 1.17 bits per heavy atom. The van der Waals surface area contributed by atoms with Gasteiger partial charge in [-0.1, -0.05) is 47.6 Å². The van der Waals surface area contributed by atoms with Gasteiger partial charge in [0.15, 0.2) is 0 Å². The largest absolute Gasteiger partial charge is 0.469 e. The maximum absolute atomic E-state index is 13.0. The molecule has 1 aromatic rings. The molecule has 2 aliphatic rings. The topological polar surface area (TPSA) is 63.7 Å². The number of carbonyl (C=O) groups excluding carboxylic acids is 1. The molecule has 0 N–H and O–H groups in total. The molecular weight excluding hydrogens is 422 g/mol. The molecule has 1 saturated heterocycles. The van der Waals surface area contributed by atoms with Gasteiger partial charge in [0.05, 0.1) is 18.4 Å². The van der Waals surface area contributed by atoms with Gasteiger partial charge in [0, 0.05) is 18.1 Å². The first-order chi connectivity index (χ1) is 14.3. The van der Waals surface area contributed by atoms with E-state index in [4.69, 9.17) is 16.3 Å². The molecule has 1 aliphatic heterocycles. The lowest BCUT2D eigenvalue weighted by molar-refractivity contribution is -0.141. The van der Waals surface area contributed by atoms with Crippen LogP contribution in [0.3, 0.4) is 0 Å². The highest BCUT2D eigenvalue weighted by Crippen LogP contribution is 2.43. The number of hydrogen-bond donors (Lipinski definition) is 0. The van der Waals surface area contributed by atoms with Crippen molar-refractivity contribution in [3.05, 3.63) is 65.2 Å². The first kappa shape index (κ1) is 22.8. The van der Waals surface area contributed by atoms with Crippen LogP contribution in [0.4, 0.5) is 0 Å². The number of halogens is 1. The van der Waals surface area contributed by atoms with Crippen LogP contribution in [-0.4, -0.2) is 38.9 Å². The number of methoxy groups -OCH3 is 1. The fourth-order valence-corrected chi connectivity index (χ4v) is 5.77. The number of rotatable bonds is 4. The Bertz CT molecular complexity index is 955. The zero-order chi connectivity index (χ0) is 21.8. The van der Waals surface area contributed by atoms with E-state index in [-0.39, 0.29) is 22.2 Å². The molecule has 1 fully saturated rings. The van der Waals surface area contributed by atoms with Crippen molar-refractivity contribution >= 4 is 27.6 Å². The van der Waals surface area contributed by atoms with Crippen LogP contribution in [-0.2, 0) is 19.6 Å². The third-order valence-electron chi connectivity index (χ3n) is 6.14. The summed E-state index contributed by atoms with van der Waals surface area (Å²) in [6.07, 6.45) is 12.8. The molecular formula is C23H28ClNO4S. The molecule has 0 radical (unpaired) electrons. The number of nitrogens with zero attached hydrogens (tertiary/aromatic N) is 1. The summed E-state index contributed by atoms with van der Waals surface area (Å²) in [5, 5.41) is 0.510. The molecule has 5 nitrogen and oxygen atoms in total. The Morgan fingerprint density at radius 2 is 1.83 bits per heavy atom. The third kappa shape index (κ3) is 5.23. The van der Waals surface area contributed by atoms with Gasteiger partial charge >= 0.3 is 5.97 Å². The maximum Gasteiger partial charge on any atom is 0.306 e. The lowest BCUT2D eigenvalue weighted by Crippen LogP contribution is -2.43. The van der Waals surface area contributed by atoms with Crippen LogP contribution in [0.25, 0.3) is 0 Å². The Labute approximate surface area is 184 Å². The van der Waals surface area contributed by atoms with Crippen LogP contribution in [0, 0.1) is 11.3 Å². The molecule has 1 heterocycles. The van der Waals surface area contributed by atoms with Crippen molar-refractivity contribution in [2.24, 2.45) is 11.3 Å². The molecule has 30 heavy (non-hydrogen) atoms. The lowest BCUT2D eigenvalue weighted by Gasteiger charge is -2.41. The van der Waals surface area contributed by atoms with Crippen LogP contribution in [0.15, 0.2) is 65.1 Å². The number of carbonyl (C=O) groups is 1. The number of allylic oxidation sites excluding steroid dienone is 6. The number of esters is 1. The summed E-state index contributed by atoms with van der Waals surface area (Å²) in [6, 6.07) is 6.29. The summed E-state index contributed by atoms with van der Waals surface area (Å²) in [6.45, 7) is 2.91. The number of piperidine rings is 1. The Balaban J connectivity index is 1.79. The van der Waals surface area contributed by atoms with E-state index in [0.717, 1.165) is 12.0 Å². The van der Waals surface area contributed by atoms with Crippen molar-refractivity contribution in [3.63, 3.8) is 0 Å². The molecule has 0 aromatic heterocycles. The normalized spacial score (nSPS) is 26.0. The van der Waals surface area contributed by atoms with Gasteiger partial charge in [-0.15, -0.1) is 0 Å². The fraction of sp³-hybridized carbons (Fsp3) is 0.435. The van der Waals surface area contributed by atoms with E-state index in [0.29, 0.717) is 37.4 Å². The third-order valence-corrected chi connectivity index (χ3v) is 8.30. The molecule has 0 bridgehead atoms. The summed E-state index contributed by atoms with van der Waals surface area (Å²) >= 11 is 5.90. The standard InChI is InChI=1S/C23H28ClNO4S/c1-18-6-4-3-5-11-23(17-19(18)16-22(26)29-2)12-14-25(15-13-23)30(27,28)21-9-7-20(24)8-10-21/h3-11,19H,12-17H2,1-2H3/b4-3-,11-5+,18-6+. The first-order valence-electron chi connectivity index (χ1n) is 10.1. The van der Waals surface area contributed by atoms with Gasteiger partial charge in [-0.05, 0) is 61.8 Å². The van der Waals surface area contributed by atoms with Gasteiger partial charge in [0.1, 0.15) is 0 Å². The van der Waals surface area contributed by atoms with E-state index in [9.17, 15) is 13.2 Å². The van der Waals surface area contributed by atoms with Crippen molar-refractivity contribution in [2.75, 3.05) is 20.2 Å². The van der Waals surface area contributed by atoms with E-state index < -0.39 is 10.0 Å². The van der Waals surface area contributed by atoms with Crippen LogP contribution in [0.5, 0.6) is 0 Å². The molecule has 1 aromatic carbocycles. The van der Waals surface area contributed by atoms with Crippen molar-refractivity contribution in [3.8, 4) is 0 Å². The number of sulfonamides is 1. The average Bonchev–Trinajstić information content (AvgIpc) is 2.79. The minimum atomic E-state index is -3.55. The van der Waals surface area contributed by atoms with Gasteiger partial charge in [0.2, 0.25) is 10.0 Å². The second-order valence-corrected chi connectivity index (χ2v) is 10.4. The highest BCUT2D eigenvalue weighted by molar-refractivity contribution is 7.89. The predicted molar refractivity (Wildman–Crippen MR) is 119 cm³/mol. The van der Waals surface area contributed by atoms with Crippen molar-refractivity contribution in [2.45, 2.75) is 37.5 Å². The summed E-state index contributed by atoms with van der Waals surface area (Å²) in [5.41, 5.74) is 0.977. The molecule has 0 amide bonds. The predicted octanol–water partition coefficient (Wildman–Crippen LogP) is 4.75. The van der Waals surface area contributed by atoms with Gasteiger partial charge < -0.3 is 4.74 Å². The molecule has 1 atom stereocenters. The monoisotopic (exact) mass is 449 g/mol. The summed E-state index contributed by atoms with van der Waals surface area (Å²) in [5.74, 6) is -0.165. The maximum atomic E-state index is 13.0. The Hall–Kier alpha value is -1.89. The number of benzene rings is 1. The van der Waals surface area contributed by atoms with Crippen molar-refractivity contribution < 1.29 is 17.9 Å². The van der Waals surface area contributed by atoms with E-state index in [1.165, 1.54) is 7.11 Å². The van der Waals surface area contributed by atoms with Crippen LogP contribution in [0.2, 0.25) is 5.02 Å². The molecule has 0 saturated carbocycles. The van der Waals surface area contributed by atoms with Gasteiger partial charge in [-0.3, -0.25) is 4.79 Å². The molecule has 1 spiro atoms. The van der Waals surface area contributed by atoms with Crippen molar-refractivity contribution in [1.29, 1.82) is 0 Å². The quantitative estimate of drug-likeness (QED) is 0.622.